The number of hydrogen-bond donors (Lipinski definition) is 1. The SMILES string of the molecule is Cc1ccc(F)c(CN2C[C@@H](C)[C@H](C(N)=O)C2)c1. The Bertz CT molecular complexity index is 461. The zero-order valence-electron chi connectivity index (χ0n) is 10.8. The minimum absolute atomic E-state index is 0.113. The average molecular weight is 250 g/mol. The van der Waals surface area contributed by atoms with Crippen LogP contribution in [0.25, 0.3) is 0 Å². The van der Waals surface area contributed by atoms with Crippen molar-refractivity contribution in [1.82, 2.24) is 4.90 Å². The molecule has 1 fully saturated rings. The van der Waals surface area contributed by atoms with Gasteiger partial charge in [-0.1, -0.05) is 24.6 Å². The first-order valence-electron chi connectivity index (χ1n) is 6.24. The smallest absolute Gasteiger partial charge is 0.222 e. The summed E-state index contributed by atoms with van der Waals surface area (Å²) in [6.45, 7) is 5.93. The molecule has 2 N–H and O–H groups in total. The molecule has 1 aliphatic rings. The normalized spacial score (nSPS) is 24.4. The summed E-state index contributed by atoms with van der Waals surface area (Å²) in [7, 11) is 0. The molecule has 0 bridgehead atoms. The second-order valence-corrected chi connectivity index (χ2v) is 5.28. The number of rotatable bonds is 3. The van der Waals surface area contributed by atoms with Gasteiger partial charge in [-0.05, 0) is 18.9 Å². The van der Waals surface area contributed by atoms with Crippen LogP contribution in [0.5, 0.6) is 0 Å². The number of benzene rings is 1. The summed E-state index contributed by atoms with van der Waals surface area (Å²) in [6, 6.07) is 5.12. The molecule has 1 heterocycles. The molecule has 0 aliphatic carbocycles. The highest BCUT2D eigenvalue weighted by atomic mass is 19.1. The lowest BCUT2D eigenvalue weighted by Crippen LogP contribution is -2.29. The molecule has 1 aromatic rings. The fourth-order valence-electron chi connectivity index (χ4n) is 2.63. The van der Waals surface area contributed by atoms with Crippen molar-refractivity contribution in [2.24, 2.45) is 17.6 Å². The quantitative estimate of drug-likeness (QED) is 0.887. The van der Waals surface area contributed by atoms with Gasteiger partial charge in [0.15, 0.2) is 0 Å². The van der Waals surface area contributed by atoms with Gasteiger partial charge in [-0.25, -0.2) is 4.39 Å². The second-order valence-electron chi connectivity index (χ2n) is 5.28. The third kappa shape index (κ3) is 2.70. The number of hydrogen-bond acceptors (Lipinski definition) is 2. The number of nitrogens with zero attached hydrogens (tertiary/aromatic N) is 1. The van der Waals surface area contributed by atoms with Crippen molar-refractivity contribution >= 4 is 5.91 Å². The first kappa shape index (κ1) is 13.0. The van der Waals surface area contributed by atoms with E-state index in [-0.39, 0.29) is 23.6 Å². The van der Waals surface area contributed by atoms with Crippen LogP contribution in [0, 0.1) is 24.6 Å². The van der Waals surface area contributed by atoms with Gasteiger partial charge in [-0.15, -0.1) is 0 Å². The maximum absolute atomic E-state index is 13.7. The number of amides is 1. The Morgan fingerprint density at radius 2 is 2.22 bits per heavy atom. The molecule has 1 aliphatic heterocycles. The Labute approximate surface area is 107 Å². The molecule has 1 aromatic carbocycles. The van der Waals surface area contributed by atoms with Crippen molar-refractivity contribution in [2.75, 3.05) is 13.1 Å². The van der Waals surface area contributed by atoms with Gasteiger partial charge in [0.2, 0.25) is 5.91 Å². The Kier molecular flexibility index (Phi) is 3.66. The molecule has 2 rings (SSSR count). The fraction of sp³-hybridized carbons (Fsp3) is 0.500. The van der Waals surface area contributed by atoms with Crippen LogP contribution in [0.3, 0.4) is 0 Å². The average Bonchev–Trinajstić information content (AvgIpc) is 2.65. The van der Waals surface area contributed by atoms with Crippen molar-refractivity contribution in [3.05, 3.63) is 35.1 Å². The van der Waals surface area contributed by atoms with Crippen LogP contribution >= 0.6 is 0 Å². The molecule has 18 heavy (non-hydrogen) atoms. The van der Waals surface area contributed by atoms with Gasteiger partial charge in [0, 0.05) is 25.2 Å². The number of carbonyl (C=O) groups is 1. The molecule has 1 amide bonds. The summed E-state index contributed by atoms with van der Waals surface area (Å²) in [5.74, 6) is -0.307. The van der Waals surface area contributed by atoms with Gasteiger partial charge < -0.3 is 5.73 Å². The minimum atomic E-state index is -0.255. The standard InChI is InChI=1S/C14H19FN2O/c1-9-3-4-13(15)11(5-9)7-17-6-10(2)12(8-17)14(16)18/h3-5,10,12H,6-8H2,1-2H3,(H2,16,18)/t10-,12-/m1/s1. The maximum atomic E-state index is 13.7. The van der Waals surface area contributed by atoms with E-state index in [1.54, 1.807) is 6.07 Å². The lowest BCUT2D eigenvalue weighted by atomic mass is 9.98. The van der Waals surface area contributed by atoms with E-state index in [1.807, 2.05) is 19.9 Å². The first-order valence-corrected chi connectivity index (χ1v) is 6.24. The Hall–Kier alpha value is -1.42. The molecular formula is C14H19FN2O. The van der Waals surface area contributed by atoms with Crippen molar-refractivity contribution in [2.45, 2.75) is 20.4 Å². The largest absolute Gasteiger partial charge is 0.369 e. The van der Waals surface area contributed by atoms with E-state index >= 15 is 0 Å². The summed E-state index contributed by atoms with van der Waals surface area (Å²) < 4.78 is 13.7. The van der Waals surface area contributed by atoms with E-state index in [9.17, 15) is 9.18 Å². The van der Waals surface area contributed by atoms with Crippen LogP contribution in [0.15, 0.2) is 18.2 Å². The fourth-order valence-corrected chi connectivity index (χ4v) is 2.63. The molecule has 0 saturated carbocycles. The molecule has 0 unspecified atom stereocenters. The van der Waals surface area contributed by atoms with Crippen LogP contribution in [0.1, 0.15) is 18.1 Å². The Morgan fingerprint density at radius 1 is 1.50 bits per heavy atom. The van der Waals surface area contributed by atoms with Crippen LogP contribution < -0.4 is 5.73 Å². The third-order valence-corrected chi connectivity index (χ3v) is 3.65. The first-order chi connectivity index (χ1) is 8.47. The minimum Gasteiger partial charge on any atom is -0.369 e. The molecule has 4 heteroatoms. The predicted octanol–water partition coefficient (Wildman–Crippen LogP) is 1.69. The number of likely N-dealkylation sites (tertiary alicyclic amines) is 1. The van der Waals surface area contributed by atoms with Crippen LogP contribution in [0.2, 0.25) is 0 Å². The second kappa shape index (κ2) is 5.06. The van der Waals surface area contributed by atoms with Gasteiger partial charge in [0.25, 0.3) is 0 Å². The molecule has 3 nitrogen and oxygen atoms in total. The summed E-state index contributed by atoms with van der Waals surface area (Å²) in [6.07, 6.45) is 0. The lowest BCUT2D eigenvalue weighted by Gasteiger charge is -2.16. The predicted molar refractivity (Wildman–Crippen MR) is 68.3 cm³/mol. The summed E-state index contributed by atoms with van der Waals surface area (Å²) >= 11 is 0. The van der Waals surface area contributed by atoms with Crippen molar-refractivity contribution in [3.63, 3.8) is 0 Å². The number of carbonyl (C=O) groups excluding carboxylic acids is 1. The highest BCUT2D eigenvalue weighted by molar-refractivity contribution is 5.77. The van der Waals surface area contributed by atoms with Crippen molar-refractivity contribution in [3.8, 4) is 0 Å². The maximum Gasteiger partial charge on any atom is 0.222 e. The van der Waals surface area contributed by atoms with E-state index in [2.05, 4.69) is 4.90 Å². The monoisotopic (exact) mass is 250 g/mol. The lowest BCUT2D eigenvalue weighted by molar-refractivity contribution is -0.122. The van der Waals surface area contributed by atoms with E-state index in [0.717, 1.165) is 12.1 Å². The number of nitrogens with two attached hydrogens (primary N) is 1. The van der Waals surface area contributed by atoms with E-state index in [0.29, 0.717) is 18.7 Å². The van der Waals surface area contributed by atoms with E-state index < -0.39 is 0 Å². The zero-order valence-corrected chi connectivity index (χ0v) is 10.8. The number of aryl methyl sites for hydroxylation is 1. The van der Waals surface area contributed by atoms with Gasteiger partial charge in [0.1, 0.15) is 5.82 Å². The van der Waals surface area contributed by atoms with Gasteiger partial charge >= 0.3 is 0 Å². The van der Waals surface area contributed by atoms with E-state index in [4.69, 9.17) is 5.73 Å². The van der Waals surface area contributed by atoms with Crippen LogP contribution in [-0.2, 0) is 11.3 Å². The summed E-state index contributed by atoms with van der Waals surface area (Å²) in [5.41, 5.74) is 7.09. The molecule has 2 atom stereocenters. The van der Waals surface area contributed by atoms with Crippen LogP contribution in [-0.4, -0.2) is 23.9 Å². The van der Waals surface area contributed by atoms with Gasteiger partial charge in [-0.2, -0.15) is 0 Å². The van der Waals surface area contributed by atoms with Gasteiger partial charge in [0.05, 0.1) is 5.92 Å². The highest BCUT2D eigenvalue weighted by Gasteiger charge is 2.33. The van der Waals surface area contributed by atoms with Crippen LogP contribution in [0.4, 0.5) is 4.39 Å². The Balaban J connectivity index is 2.07. The molecular weight excluding hydrogens is 231 g/mol. The molecule has 0 spiro atoms. The van der Waals surface area contributed by atoms with Crippen molar-refractivity contribution < 1.29 is 9.18 Å². The highest BCUT2D eigenvalue weighted by Crippen LogP contribution is 2.25. The van der Waals surface area contributed by atoms with Gasteiger partial charge in [-0.3, -0.25) is 9.69 Å². The molecule has 98 valence electrons. The summed E-state index contributed by atoms with van der Waals surface area (Å²) in [4.78, 5) is 13.3. The Morgan fingerprint density at radius 3 is 2.83 bits per heavy atom. The zero-order chi connectivity index (χ0) is 13.3. The van der Waals surface area contributed by atoms with Crippen molar-refractivity contribution in [1.29, 1.82) is 0 Å². The summed E-state index contributed by atoms with van der Waals surface area (Å²) in [5, 5.41) is 0. The van der Waals surface area contributed by atoms with E-state index in [1.165, 1.54) is 6.07 Å². The third-order valence-electron chi connectivity index (χ3n) is 3.65. The topological polar surface area (TPSA) is 46.3 Å². The molecule has 1 saturated heterocycles. The molecule has 0 aromatic heterocycles. The molecule has 0 radical (unpaired) electrons. The number of primary amides is 1. The number of halogens is 1.